The number of hydrogen-bond donors (Lipinski definition) is 2. The number of aryl methyl sites for hydroxylation is 1. The highest BCUT2D eigenvalue weighted by Crippen LogP contribution is 2.17. The Morgan fingerprint density at radius 2 is 2.05 bits per heavy atom. The van der Waals surface area contributed by atoms with E-state index in [1.807, 2.05) is 12.1 Å². The molecule has 1 amide bonds. The maximum absolute atomic E-state index is 11.9. The number of nitrogen functional groups attached to an aromatic ring is 1. The lowest BCUT2D eigenvalue weighted by atomic mass is 10.1. The molecule has 0 bridgehead atoms. The molecule has 3 N–H and O–H groups in total. The van der Waals surface area contributed by atoms with Crippen molar-refractivity contribution in [1.29, 1.82) is 0 Å². The van der Waals surface area contributed by atoms with E-state index in [2.05, 4.69) is 22.4 Å². The number of nitrogens with two attached hydrogens (primary N) is 1. The van der Waals surface area contributed by atoms with Crippen molar-refractivity contribution in [2.75, 3.05) is 11.1 Å². The molecule has 0 saturated heterocycles. The van der Waals surface area contributed by atoms with Gasteiger partial charge in [0, 0.05) is 12.1 Å². The first kappa shape index (κ1) is 14.5. The third-order valence-electron chi connectivity index (χ3n) is 2.80. The third kappa shape index (κ3) is 4.31. The Morgan fingerprint density at radius 1 is 1.30 bits per heavy atom. The van der Waals surface area contributed by atoms with Gasteiger partial charge in [0.2, 0.25) is 11.0 Å². The minimum atomic E-state index is -0.0898. The van der Waals surface area contributed by atoms with E-state index in [-0.39, 0.29) is 5.91 Å². The minimum Gasteiger partial charge on any atom is -0.399 e. The number of carbonyl (C=O) groups excluding carboxylic acids is 1. The van der Waals surface area contributed by atoms with Crippen LogP contribution in [0.25, 0.3) is 0 Å². The maximum atomic E-state index is 11.9. The van der Waals surface area contributed by atoms with Crippen LogP contribution >= 0.6 is 11.3 Å². The summed E-state index contributed by atoms with van der Waals surface area (Å²) in [7, 11) is 0. The quantitative estimate of drug-likeness (QED) is 0.801. The van der Waals surface area contributed by atoms with Crippen LogP contribution in [0, 0.1) is 0 Å². The zero-order chi connectivity index (χ0) is 14.4. The van der Waals surface area contributed by atoms with E-state index in [9.17, 15) is 4.79 Å². The number of aromatic nitrogens is 2. The zero-order valence-corrected chi connectivity index (χ0v) is 12.2. The molecule has 0 atom stereocenters. The van der Waals surface area contributed by atoms with Gasteiger partial charge in [0.25, 0.3) is 0 Å². The average Bonchev–Trinajstić information content (AvgIpc) is 2.86. The van der Waals surface area contributed by atoms with Gasteiger partial charge in [-0.15, -0.1) is 10.2 Å². The van der Waals surface area contributed by atoms with Gasteiger partial charge in [-0.25, -0.2) is 0 Å². The van der Waals surface area contributed by atoms with Crippen LogP contribution in [0.5, 0.6) is 0 Å². The molecule has 0 unspecified atom stereocenters. The van der Waals surface area contributed by atoms with E-state index in [1.165, 1.54) is 11.3 Å². The summed E-state index contributed by atoms with van der Waals surface area (Å²) in [5.74, 6) is -0.0898. The molecule has 0 radical (unpaired) electrons. The number of nitrogens with one attached hydrogen (secondary N) is 1. The second kappa shape index (κ2) is 7.00. The summed E-state index contributed by atoms with van der Waals surface area (Å²) >= 11 is 1.44. The normalized spacial score (nSPS) is 10.4. The summed E-state index contributed by atoms with van der Waals surface area (Å²) < 4.78 is 0. The van der Waals surface area contributed by atoms with E-state index in [0.29, 0.717) is 17.2 Å². The first-order chi connectivity index (χ1) is 9.67. The first-order valence-electron chi connectivity index (χ1n) is 6.64. The number of carbonyl (C=O) groups is 1. The number of nitrogens with zero attached hydrogens (tertiary/aromatic N) is 2. The Labute approximate surface area is 122 Å². The van der Waals surface area contributed by atoms with Gasteiger partial charge in [-0.05, 0) is 24.1 Å². The number of rotatable bonds is 6. The largest absolute Gasteiger partial charge is 0.399 e. The van der Waals surface area contributed by atoms with Gasteiger partial charge < -0.3 is 11.1 Å². The molecule has 2 rings (SSSR count). The zero-order valence-electron chi connectivity index (χ0n) is 11.4. The Kier molecular flexibility index (Phi) is 5.06. The number of amides is 1. The lowest BCUT2D eigenvalue weighted by Gasteiger charge is -2.02. The highest BCUT2D eigenvalue weighted by molar-refractivity contribution is 7.15. The minimum absolute atomic E-state index is 0.0898. The van der Waals surface area contributed by atoms with Crippen molar-refractivity contribution in [2.45, 2.75) is 32.6 Å². The van der Waals surface area contributed by atoms with Crippen LogP contribution in [0.2, 0.25) is 0 Å². The molecule has 2 aromatic rings. The number of benzene rings is 1. The number of unbranched alkanes of at least 4 members (excludes halogenated alkanes) is 1. The first-order valence-corrected chi connectivity index (χ1v) is 7.45. The van der Waals surface area contributed by atoms with Crippen LogP contribution in [0.4, 0.5) is 10.8 Å². The fourth-order valence-electron chi connectivity index (χ4n) is 1.72. The molecular formula is C14H18N4OS. The van der Waals surface area contributed by atoms with Crippen molar-refractivity contribution in [3.63, 3.8) is 0 Å². The molecular weight excluding hydrogens is 272 g/mol. The van der Waals surface area contributed by atoms with Crippen molar-refractivity contribution >= 4 is 28.1 Å². The molecule has 1 aromatic heterocycles. The molecule has 1 aromatic carbocycles. The van der Waals surface area contributed by atoms with E-state index in [4.69, 9.17) is 5.73 Å². The monoisotopic (exact) mass is 290 g/mol. The fraction of sp³-hybridized carbons (Fsp3) is 0.357. The molecule has 0 aliphatic heterocycles. The molecule has 6 heteroatoms. The smallest absolute Gasteiger partial charge is 0.230 e. The predicted octanol–water partition coefficient (Wildman–Crippen LogP) is 2.64. The number of anilines is 2. The molecule has 5 nitrogen and oxygen atoms in total. The van der Waals surface area contributed by atoms with Crippen molar-refractivity contribution < 1.29 is 4.79 Å². The van der Waals surface area contributed by atoms with Crippen LogP contribution in [0.3, 0.4) is 0 Å². The van der Waals surface area contributed by atoms with Crippen molar-refractivity contribution in [2.24, 2.45) is 0 Å². The summed E-state index contributed by atoms with van der Waals surface area (Å²) in [4.78, 5) is 11.9. The van der Waals surface area contributed by atoms with Gasteiger partial charge in [-0.1, -0.05) is 36.8 Å². The summed E-state index contributed by atoms with van der Waals surface area (Å²) in [6.07, 6.45) is 3.44. The summed E-state index contributed by atoms with van der Waals surface area (Å²) in [6.45, 7) is 2.14. The average molecular weight is 290 g/mol. The molecule has 0 fully saturated rings. The molecule has 0 saturated carbocycles. The van der Waals surface area contributed by atoms with Crippen LogP contribution in [-0.4, -0.2) is 16.1 Å². The lowest BCUT2D eigenvalue weighted by Crippen LogP contribution is -2.14. The Hall–Kier alpha value is -1.95. The highest BCUT2D eigenvalue weighted by Gasteiger charge is 2.08. The van der Waals surface area contributed by atoms with Crippen LogP contribution < -0.4 is 11.1 Å². The van der Waals surface area contributed by atoms with Gasteiger partial charge in [0.05, 0.1) is 6.42 Å². The molecule has 1 heterocycles. The summed E-state index contributed by atoms with van der Waals surface area (Å²) in [5.41, 5.74) is 7.22. The number of hydrogen-bond acceptors (Lipinski definition) is 5. The molecule has 0 aliphatic carbocycles. The predicted molar refractivity (Wildman–Crippen MR) is 81.7 cm³/mol. The van der Waals surface area contributed by atoms with Gasteiger partial charge >= 0.3 is 0 Å². The lowest BCUT2D eigenvalue weighted by molar-refractivity contribution is -0.115. The molecule has 0 aliphatic rings. The second-order valence-corrected chi connectivity index (χ2v) is 5.63. The maximum Gasteiger partial charge on any atom is 0.230 e. The molecule has 106 valence electrons. The van der Waals surface area contributed by atoms with Gasteiger partial charge in [-0.3, -0.25) is 4.79 Å². The van der Waals surface area contributed by atoms with Gasteiger partial charge in [0.1, 0.15) is 5.01 Å². The van der Waals surface area contributed by atoms with E-state index >= 15 is 0 Å². The SMILES string of the molecule is CCCCc1nnc(NC(=O)Cc2ccc(N)cc2)s1. The van der Waals surface area contributed by atoms with Gasteiger partial charge in [-0.2, -0.15) is 0 Å². The highest BCUT2D eigenvalue weighted by atomic mass is 32.1. The Morgan fingerprint density at radius 3 is 2.75 bits per heavy atom. The van der Waals surface area contributed by atoms with E-state index < -0.39 is 0 Å². The van der Waals surface area contributed by atoms with Crippen LogP contribution in [0.1, 0.15) is 30.3 Å². The van der Waals surface area contributed by atoms with Crippen molar-refractivity contribution in [3.8, 4) is 0 Å². The Balaban J connectivity index is 1.87. The van der Waals surface area contributed by atoms with Crippen LogP contribution in [-0.2, 0) is 17.6 Å². The van der Waals surface area contributed by atoms with Crippen LogP contribution in [0.15, 0.2) is 24.3 Å². The summed E-state index contributed by atoms with van der Waals surface area (Å²) in [5, 5.41) is 12.4. The van der Waals surface area contributed by atoms with E-state index in [1.54, 1.807) is 12.1 Å². The Bertz CT molecular complexity index is 565. The topological polar surface area (TPSA) is 80.9 Å². The fourth-order valence-corrected chi connectivity index (χ4v) is 2.52. The third-order valence-corrected chi connectivity index (χ3v) is 3.70. The standard InChI is InChI=1S/C14H18N4OS/c1-2-3-4-13-17-18-14(20-13)16-12(19)9-10-5-7-11(15)8-6-10/h5-8H,2-4,9,15H2,1H3,(H,16,18,19). The van der Waals surface area contributed by atoms with E-state index in [0.717, 1.165) is 29.8 Å². The molecule has 20 heavy (non-hydrogen) atoms. The van der Waals surface area contributed by atoms with Gasteiger partial charge in [0.15, 0.2) is 0 Å². The summed E-state index contributed by atoms with van der Waals surface area (Å²) in [6, 6.07) is 7.27. The second-order valence-electron chi connectivity index (χ2n) is 4.57. The molecule has 0 spiro atoms. The van der Waals surface area contributed by atoms with Crippen molar-refractivity contribution in [1.82, 2.24) is 10.2 Å². The van der Waals surface area contributed by atoms with Crippen molar-refractivity contribution in [3.05, 3.63) is 34.8 Å².